The Morgan fingerprint density at radius 3 is 2.44 bits per heavy atom. The van der Waals surface area contributed by atoms with Crippen LogP contribution in [0.5, 0.6) is 0 Å². The number of nitrogens with zero attached hydrogens (tertiary/aromatic N) is 2. The summed E-state index contributed by atoms with van der Waals surface area (Å²) in [6, 6.07) is 9.88. The van der Waals surface area contributed by atoms with Crippen molar-refractivity contribution in [1.29, 1.82) is 0 Å². The zero-order valence-corrected chi connectivity index (χ0v) is 15.0. The van der Waals surface area contributed by atoms with E-state index in [1.165, 1.54) is 12.1 Å². The van der Waals surface area contributed by atoms with Crippen molar-refractivity contribution in [1.82, 2.24) is 9.88 Å². The number of carbonyl (C=O) groups excluding carboxylic acids is 1. The van der Waals surface area contributed by atoms with Crippen molar-refractivity contribution < 1.29 is 18.7 Å². The molecule has 1 spiro atoms. The summed E-state index contributed by atoms with van der Waals surface area (Å²) in [6.45, 7) is 3.02. The van der Waals surface area contributed by atoms with E-state index in [2.05, 4.69) is 10.3 Å². The van der Waals surface area contributed by atoms with Gasteiger partial charge in [0.25, 0.3) is 5.91 Å². The summed E-state index contributed by atoms with van der Waals surface area (Å²) in [6.07, 6.45) is 3.03. The van der Waals surface area contributed by atoms with Gasteiger partial charge in [-0.1, -0.05) is 12.1 Å². The zero-order chi connectivity index (χ0) is 18.7. The number of hydrogen-bond donors (Lipinski definition) is 1. The molecule has 2 aliphatic heterocycles. The fourth-order valence-electron chi connectivity index (χ4n) is 3.43. The van der Waals surface area contributed by atoms with E-state index in [0.29, 0.717) is 51.4 Å². The number of ether oxygens (including phenoxy) is 2. The van der Waals surface area contributed by atoms with Crippen LogP contribution in [0.15, 0.2) is 42.6 Å². The second-order valence-corrected chi connectivity index (χ2v) is 6.81. The van der Waals surface area contributed by atoms with Crippen LogP contribution in [0.4, 0.5) is 10.1 Å². The number of aromatic nitrogens is 1. The Hall–Kier alpha value is -2.51. The number of halogens is 1. The molecular formula is C20H22FN3O3. The van der Waals surface area contributed by atoms with Crippen molar-refractivity contribution in [2.24, 2.45) is 0 Å². The lowest BCUT2D eigenvalue weighted by molar-refractivity contribution is -0.181. The molecule has 1 N–H and O–H groups in total. The fourth-order valence-corrected chi connectivity index (χ4v) is 3.43. The minimum atomic E-state index is -0.488. The molecule has 0 saturated carbocycles. The van der Waals surface area contributed by atoms with Gasteiger partial charge in [-0.15, -0.1) is 0 Å². The molecule has 0 bridgehead atoms. The molecule has 4 rings (SSSR count). The first kappa shape index (κ1) is 17.9. The molecule has 2 aliphatic rings. The molecule has 7 heteroatoms. The molecule has 2 fully saturated rings. The van der Waals surface area contributed by atoms with Crippen LogP contribution in [0, 0.1) is 5.82 Å². The summed E-state index contributed by atoms with van der Waals surface area (Å²) < 4.78 is 24.3. The van der Waals surface area contributed by atoms with E-state index in [1.807, 2.05) is 6.07 Å². The Balaban J connectivity index is 1.31. The number of benzene rings is 1. The van der Waals surface area contributed by atoms with Gasteiger partial charge in [-0.25, -0.2) is 9.37 Å². The van der Waals surface area contributed by atoms with Gasteiger partial charge in [-0.2, -0.15) is 0 Å². The highest BCUT2D eigenvalue weighted by atomic mass is 19.1. The van der Waals surface area contributed by atoms with Gasteiger partial charge in [-0.3, -0.25) is 4.79 Å². The quantitative estimate of drug-likeness (QED) is 0.895. The summed E-state index contributed by atoms with van der Waals surface area (Å²) in [4.78, 5) is 18.7. The number of pyridine rings is 1. The van der Waals surface area contributed by atoms with Crippen LogP contribution in [0.3, 0.4) is 0 Å². The van der Waals surface area contributed by atoms with Crippen LogP contribution >= 0.6 is 0 Å². The predicted octanol–water partition coefficient (Wildman–Crippen LogP) is 2.81. The van der Waals surface area contributed by atoms with Crippen LogP contribution in [0.2, 0.25) is 0 Å². The molecule has 142 valence electrons. The highest BCUT2D eigenvalue weighted by Gasteiger charge is 2.40. The van der Waals surface area contributed by atoms with Crippen molar-refractivity contribution in [3.63, 3.8) is 0 Å². The molecule has 0 radical (unpaired) electrons. The fraction of sp³-hybridized carbons (Fsp3) is 0.400. The summed E-state index contributed by atoms with van der Waals surface area (Å²) in [5.74, 6) is -0.816. The van der Waals surface area contributed by atoms with Crippen molar-refractivity contribution in [3.05, 3.63) is 59.7 Å². The maximum absolute atomic E-state index is 12.9. The largest absolute Gasteiger partial charge is 0.380 e. The number of hydrogen-bond acceptors (Lipinski definition) is 5. The molecule has 0 unspecified atom stereocenters. The third-order valence-electron chi connectivity index (χ3n) is 5.02. The summed E-state index contributed by atoms with van der Waals surface area (Å²) in [5, 5.41) is 3.22. The average molecular weight is 371 g/mol. The highest BCUT2D eigenvalue weighted by Crippen LogP contribution is 2.31. The number of piperidine rings is 1. The predicted molar refractivity (Wildman–Crippen MR) is 97.7 cm³/mol. The molecular weight excluding hydrogens is 349 g/mol. The minimum absolute atomic E-state index is 0.0760. The third-order valence-corrected chi connectivity index (χ3v) is 5.02. The van der Waals surface area contributed by atoms with E-state index < -0.39 is 5.79 Å². The topological polar surface area (TPSA) is 63.7 Å². The molecule has 0 atom stereocenters. The Morgan fingerprint density at radius 2 is 1.81 bits per heavy atom. The van der Waals surface area contributed by atoms with E-state index in [9.17, 15) is 9.18 Å². The van der Waals surface area contributed by atoms with Gasteiger partial charge in [0.05, 0.1) is 25.1 Å². The molecule has 2 aromatic rings. The molecule has 2 saturated heterocycles. The number of rotatable bonds is 4. The Kier molecular flexibility index (Phi) is 5.05. The number of carbonyl (C=O) groups is 1. The Morgan fingerprint density at radius 1 is 1.11 bits per heavy atom. The van der Waals surface area contributed by atoms with Gasteiger partial charge in [-0.05, 0) is 29.8 Å². The first-order valence-electron chi connectivity index (χ1n) is 9.15. The van der Waals surface area contributed by atoms with Crippen molar-refractivity contribution in [3.8, 4) is 0 Å². The third kappa shape index (κ3) is 4.09. The van der Waals surface area contributed by atoms with Crippen LogP contribution in [-0.2, 0) is 16.0 Å². The molecule has 1 aromatic heterocycles. The average Bonchev–Trinajstić information content (AvgIpc) is 3.16. The minimum Gasteiger partial charge on any atom is -0.380 e. The van der Waals surface area contributed by atoms with Gasteiger partial charge < -0.3 is 19.7 Å². The smallest absolute Gasteiger partial charge is 0.272 e. The lowest BCUT2D eigenvalue weighted by Gasteiger charge is -2.37. The second kappa shape index (κ2) is 7.62. The molecule has 0 aliphatic carbocycles. The Labute approximate surface area is 157 Å². The van der Waals surface area contributed by atoms with Crippen LogP contribution in [0.1, 0.15) is 28.9 Å². The maximum atomic E-state index is 12.9. The van der Waals surface area contributed by atoms with Crippen molar-refractivity contribution >= 4 is 11.6 Å². The van der Waals surface area contributed by atoms with Crippen LogP contribution in [0.25, 0.3) is 0 Å². The first-order valence-corrected chi connectivity index (χ1v) is 9.15. The number of anilines is 1. The summed E-state index contributed by atoms with van der Waals surface area (Å²) in [7, 11) is 0. The van der Waals surface area contributed by atoms with E-state index in [4.69, 9.17) is 9.47 Å². The van der Waals surface area contributed by atoms with E-state index in [1.54, 1.807) is 29.3 Å². The number of likely N-dealkylation sites (tertiary alicyclic amines) is 1. The molecule has 1 amide bonds. The van der Waals surface area contributed by atoms with Crippen molar-refractivity contribution in [2.75, 3.05) is 31.6 Å². The van der Waals surface area contributed by atoms with Gasteiger partial charge in [0, 0.05) is 32.5 Å². The van der Waals surface area contributed by atoms with Gasteiger partial charge in [0.2, 0.25) is 0 Å². The lowest BCUT2D eigenvalue weighted by atomic mass is 10.0. The van der Waals surface area contributed by atoms with Crippen molar-refractivity contribution in [2.45, 2.75) is 25.2 Å². The normalized spacial score (nSPS) is 18.6. The standard InChI is InChI=1S/C20H22FN3O3/c21-16-3-1-15(2-4-16)13-22-17-5-6-18(23-14-17)19(25)24-9-7-20(8-10-24)26-11-12-27-20/h1-6,14,22H,7-13H2. The SMILES string of the molecule is O=C(c1ccc(NCc2ccc(F)cc2)cn1)N1CCC2(CC1)OCCO2. The van der Waals surface area contributed by atoms with Gasteiger partial charge in [0.15, 0.2) is 5.79 Å². The molecule has 27 heavy (non-hydrogen) atoms. The van der Waals surface area contributed by atoms with Crippen LogP contribution < -0.4 is 5.32 Å². The van der Waals surface area contributed by atoms with Gasteiger partial charge >= 0.3 is 0 Å². The van der Waals surface area contributed by atoms with E-state index in [-0.39, 0.29) is 11.7 Å². The second-order valence-electron chi connectivity index (χ2n) is 6.81. The van der Waals surface area contributed by atoms with Gasteiger partial charge in [0.1, 0.15) is 11.5 Å². The molecule has 1 aromatic carbocycles. The molecule has 6 nitrogen and oxygen atoms in total. The summed E-state index contributed by atoms with van der Waals surface area (Å²) in [5.41, 5.74) is 2.20. The molecule has 3 heterocycles. The van der Waals surface area contributed by atoms with Crippen LogP contribution in [-0.4, -0.2) is 47.9 Å². The first-order chi connectivity index (χ1) is 13.1. The highest BCUT2D eigenvalue weighted by molar-refractivity contribution is 5.92. The number of nitrogens with one attached hydrogen (secondary N) is 1. The summed E-state index contributed by atoms with van der Waals surface area (Å²) >= 11 is 0. The Bertz CT molecular complexity index is 779. The zero-order valence-electron chi connectivity index (χ0n) is 15.0. The lowest BCUT2D eigenvalue weighted by Crippen LogP contribution is -2.47. The monoisotopic (exact) mass is 371 g/mol. The van der Waals surface area contributed by atoms with E-state index in [0.717, 1.165) is 11.3 Å². The van der Waals surface area contributed by atoms with E-state index >= 15 is 0 Å². The maximum Gasteiger partial charge on any atom is 0.272 e. The number of amides is 1.